The van der Waals surface area contributed by atoms with Crippen LogP contribution >= 0.6 is 0 Å². The van der Waals surface area contributed by atoms with Crippen LogP contribution in [0, 0.1) is 10.8 Å². The summed E-state index contributed by atoms with van der Waals surface area (Å²) >= 11 is 0. The number of ether oxygens (including phenoxy) is 2. The molecule has 0 spiro atoms. The summed E-state index contributed by atoms with van der Waals surface area (Å²) in [5, 5.41) is 7.57. The summed E-state index contributed by atoms with van der Waals surface area (Å²) in [6.45, 7) is 27.5. The van der Waals surface area contributed by atoms with Crippen LogP contribution in [0.1, 0.15) is 148 Å². The summed E-state index contributed by atoms with van der Waals surface area (Å²) in [5.74, 6) is 1.33. The van der Waals surface area contributed by atoms with Gasteiger partial charge in [0, 0.05) is 36.3 Å². The highest BCUT2D eigenvalue weighted by atomic mass is 16.5. The van der Waals surface area contributed by atoms with Crippen LogP contribution < -0.4 is 15.4 Å². The number of carbonyl (C=O) groups is 1. The molecule has 1 aliphatic carbocycles. The summed E-state index contributed by atoms with van der Waals surface area (Å²) in [7, 11) is 0. The molecule has 4 rings (SSSR count). The fourth-order valence-electron chi connectivity index (χ4n) is 7.17. The predicted molar refractivity (Wildman–Crippen MR) is 200 cm³/mol. The fraction of sp³-hybridized carbons (Fsp3) is 0.690. The SMILES string of the molecule is CC(NC(C)(C)C)c1ccc(C2CC[C@@H](OCC(C)(C)CCC(C)(C)N[C@@H]3CCN(C(=O)c4ccccc4OCC(C)(C)C)C3)C2)cc1. The highest BCUT2D eigenvalue weighted by molar-refractivity contribution is 5.97. The maximum Gasteiger partial charge on any atom is 0.257 e. The fourth-order valence-corrected chi connectivity index (χ4v) is 7.17. The monoisotopic (exact) mass is 662 g/mol. The van der Waals surface area contributed by atoms with Gasteiger partial charge >= 0.3 is 0 Å². The van der Waals surface area contributed by atoms with E-state index in [0.29, 0.717) is 36.0 Å². The van der Waals surface area contributed by atoms with Crippen molar-refractivity contribution in [2.24, 2.45) is 10.8 Å². The lowest BCUT2D eigenvalue weighted by atomic mass is 9.83. The summed E-state index contributed by atoms with van der Waals surface area (Å²) in [6, 6.07) is 17.6. The van der Waals surface area contributed by atoms with Crippen molar-refractivity contribution in [1.29, 1.82) is 0 Å². The van der Waals surface area contributed by atoms with Gasteiger partial charge in [0.25, 0.3) is 5.91 Å². The van der Waals surface area contributed by atoms with E-state index in [0.717, 1.165) is 51.8 Å². The molecule has 1 amide bonds. The second-order valence-electron chi connectivity index (χ2n) is 18.5. The quantitative estimate of drug-likeness (QED) is 0.211. The molecule has 2 aromatic rings. The number of amides is 1. The minimum atomic E-state index is -0.0285. The first-order valence-corrected chi connectivity index (χ1v) is 18.6. The lowest BCUT2D eigenvalue weighted by Crippen LogP contribution is -2.48. The van der Waals surface area contributed by atoms with Gasteiger partial charge in [-0.15, -0.1) is 0 Å². The Bertz CT molecular complexity index is 1320. The summed E-state index contributed by atoms with van der Waals surface area (Å²) in [5.41, 5.74) is 3.66. The van der Waals surface area contributed by atoms with Gasteiger partial charge in [0.2, 0.25) is 0 Å². The standard InChI is InChI=1S/C42H67N3O3/c1-30(43-40(5,6)7)31-16-18-32(19-17-31)33-20-21-35(26-33)47-29-41(8,9)23-24-42(10,11)44-34-22-25-45(27-34)38(46)36-14-12-13-15-37(36)48-28-39(2,3)4/h12-19,30,33-35,43-44H,20-29H2,1-11H3/t30?,33?,34-,35-/m1/s1. The van der Waals surface area contributed by atoms with Crippen LogP contribution in [0.4, 0.5) is 0 Å². The highest BCUT2D eigenvalue weighted by Gasteiger charge is 2.34. The molecule has 2 aliphatic rings. The molecule has 2 N–H and O–H groups in total. The van der Waals surface area contributed by atoms with E-state index in [-0.39, 0.29) is 33.9 Å². The van der Waals surface area contributed by atoms with Crippen LogP contribution in [-0.2, 0) is 4.74 Å². The minimum Gasteiger partial charge on any atom is -0.492 e. The van der Waals surface area contributed by atoms with E-state index in [1.165, 1.54) is 17.5 Å². The first kappa shape index (κ1) is 38.4. The van der Waals surface area contributed by atoms with E-state index in [9.17, 15) is 4.79 Å². The molecular weight excluding hydrogens is 594 g/mol. The number of rotatable bonds is 14. The molecule has 6 heteroatoms. The molecule has 1 saturated carbocycles. The van der Waals surface area contributed by atoms with Gasteiger partial charge in [-0.25, -0.2) is 0 Å². The number of likely N-dealkylation sites (tertiary alicyclic amines) is 1. The van der Waals surface area contributed by atoms with Gasteiger partial charge in [0.05, 0.1) is 24.9 Å². The van der Waals surface area contributed by atoms with Crippen molar-refractivity contribution in [2.45, 2.75) is 150 Å². The van der Waals surface area contributed by atoms with Crippen molar-refractivity contribution in [2.75, 3.05) is 26.3 Å². The predicted octanol–water partition coefficient (Wildman–Crippen LogP) is 9.30. The van der Waals surface area contributed by atoms with Crippen molar-refractivity contribution in [3.8, 4) is 5.75 Å². The molecule has 1 heterocycles. The molecule has 2 aromatic carbocycles. The molecule has 0 radical (unpaired) electrons. The largest absolute Gasteiger partial charge is 0.492 e. The van der Waals surface area contributed by atoms with Gasteiger partial charge in [-0.2, -0.15) is 0 Å². The molecule has 1 aliphatic heterocycles. The summed E-state index contributed by atoms with van der Waals surface area (Å²) in [4.78, 5) is 15.5. The molecular formula is C42H67N3O3. The molecule has 0 aromatic heterocycles. The van der Waals surface area contributed by atoms with Crippen molar-refractivity contribution in [1.82, 2.24) is 15.5 Å². The van der Waals surface area contributed by atoms with E-state index >= 15 is 0 Å². The van der Waals surface area contributed by atoms with Crippen LogP contribution in [0.3, 0.4) is 0 Å². The summed E-state index contributed by atoms with van der Waals surface area (Å²) in [6.07, 6.45) is 6.90. The van der Waals surface area contributed by atoms with Crippen LogP contribution in [0.2, 0.25) is 0 Å². The average Bonchev–Trinajstić information content (AvgIpc) is 3.67. The van der Waals surface area contributed by atoms with E-state index in [1.807, 2.05) is 29.2 Å². The maximum atomic E-state index is 13.5. The van der Waals surface area contributed by atoms with Crippen molar-refractivity contribution in [3.63, 3.8) is 0 Å². The molecule has 0 bridgehead atoms. The van der Waals surface area contributed by atoms with Crippen LogP contribution in [0.5, 0.6) is 5.75 Å². The van der Waals surface area contributed by atoms with Gasteiger partial charge in [-0.3, -0.25) is 4.79 Å². The minimum absolute atomic E-state index is 0.0285. The third kappa shape index (κ3) is 11.9. The number of carbonyl (C=O) groups excluding carboxylic acids is 1. The number of hydrogen-bond acceptors (Lipinski definition) is 5. The molecule has 2 fully saturated rings. The maximum absolute atomic E-state index is 13.5. The Kier molecular flexibility index (Phi) is 12.5. The molecule has 1 saturated heterocycles. The highest BCUT2D eigenvalue weighted by Crippen LogP contribution is 2.38. The van der Waals surface area contributed by atoms with E-state index < -0.39 is 0 Å². The zero-order valence-corrected chi connectivity index (χ0v) is 32.2. The third-order valence-electron chi connectivity index (χ3n) is 9.93. The Morgan fingerprint density at radius 1 is 0.875 bits per heavy atom. The molecule has 2 unspecified atom stereocenters. The van der Waals surface area contributed by atoms with E-state index in [4.69, 9.17) is 9.47 Å². The summed E-state index contributed by atoms with van der Waals surface area (Å²) < 4.78 is 12.7. The lowest BCUT2D eigenvalue weighted by Gasteiger charge is -2.34. The van der Waals surface area contributed by atoms with E-state index in [1.54, 1.807) is 0 Å². The molecule has 6 nitrogen and oxygen atoms in total. The molecule has 4 atom stereocenters. The topological polar surface area (TPSA) is 62.8 Å². The van der Waals surface area contributed by atoms with Gasteiger partial charge in [0.1, 0.15) is 5.75 Å². The molecule has 48 heavy (non-hydrogen) atoms. The molecule has 268 valence electrons. The lowest BCUT2D eigenvalue weighted by molar-refractivity contribution is 0.000128. The number of nitrogens with zero attached hydrogens (tertiary/aromatic N) is 1. The van der Waals surface area contributed by atoms with Crippen molar-refractivity contribution >= 4 is 5.91 Å². The number of para-hydroxylation sites is 1. The van der Waals surface area contributed by atoms with Gasteiger partial charge in [-0.1, -0.05) is 71.0 Å². The average molecular weight is 662 g/mol. The Labute approximate surface area is 293 Å². The van der Waals surface area contributed by atoms with Crippen LogP contribution in [-0.4, -0.2) is 60.3 Å². The third-order valence-corrected chi connectivity index (χ3v) is 9.93. The normalized spacial score (nSPS) is 21.5. The van der Waals surface area contributed by atoms with E-state index in [2.05, 4.69) is 111 Å². The number of nitrogens with one attached hydrogen (secondary N) is 2. The Hall–Kier alpha value is -2.41. The second kappa shape index (κ2) is 15.6. The zero-order valence-electron chi connectivity index (χ0n) is 32.2. The Morgan fingerprint density at radius 3 is 2.23 bits per heavy atom. The van der Waals surface area contributed by atoms with Crippen molar-refractivity contribution < 1.29 is 14.3 Å². The van der Waals surface area contributed by atoms with Gasteiger partial charge in [-0.05, 0) is 120 Å². The van der Waals surface area contributed by atoms with Gasteiger partial charge in [0.15, 0.2) is 0 Å². The zero-order chi connectivity index (χ0) is 35.3. The number of hydrogen-bond donors (Lipinski definition) is 2. The van der Waals surface area contributed by atoms with Crippen molar-refractivity contribution in [3.05, 3.63) is 65.2 Å². The van der Waals surface area contributed by atoms with Gasteiger partial charge < -0.3 is 25.0 Å². The Balaban J connectivity index is 1.20. The number of benzene rings is 2. The second-order valence-corrected chi connectivity index (χ2v) is 18.5. The van der Waals surface area contributed by atoms with Crippen LogP contribution in [0.25, 0.3) is 0 Å². The first-order valence-electron chi connectivity index (χ1n) is 18.6. The van der Waals surface area contributed by atoms with Crippen LogP contribution in [0.15, 0.2) is 48.5 Å². The first-order chi connectivity index (χ1) is 22.3. The smallest absolute Gasteiger partial charge is 0.257 e. The Morgan fingerprint density at radius 2 is 1.56 bits per heavy atom.